The molecule has 0 spiro atoms. The lowest BCUT2D eigenvalue weighted by Gasteiger charge is -2.03. The maximum absolute atomic E-state index is 4.30. The van der Waals surface area contributed by atoms with E-state index in [0.717, 1.165) is 24.5 Å². The number of hydrogen-bond acceptors (Lipinski definition) is 3. The summed E-state index contributed by atoms with van der Waals surface area (Å²) in [5.74, 6) is 0. The first-order valence-electron chi connectivity index (χ1n) is 5.45. The van der Waals surface area contributed by atoms with E-state index < -0.39 is 0 Å². The van der Waals surface area contributed by atoms with Crippen molar-refractivity contribution in [2.45, 2.75) is 26.9 Å². The quantitative estimate of drug-likeness (QED) is 0.848. The molecule has 0 radical (unpaired) electrons. The second-order valence-corrected chi connectivity index (χ2v) is 3.84. The molecule has 0 bridgehead atoms. The minimum absolute atomic E-state index is 0.771. The molecule has 16 heavy (non-hydrogen) atoms. The molecule has 86 valence electrons. The molecule has 5 nitrogen and oxygen atoms in total. The predicted molar refractivity (Wildman–Crippen MR) is 63.2 cm³/mol. The van der Waals surface area contributed by atoms with Crippen LogP contribution in [0, 0.1) is 6.92 Å². The van der Waals surface area contributed by atoms with Crippen LogP contribution in [0.3, 0.4) is 0 Å². The Bertz CT molecular complexity index is 468. The Labute approximate surface area is 95.1 Å². The van der Waals surface area contributed by atoms with Crippen LogP contribution in [0.5, 0.6) is 0 Å². The molecule has 0 saturated heterocycles. The molecule has 2 heterocycles. The van der Waals surface area contributed by atoms with Crippen molar-refractivity contribution in [3.8, 4) is 0 Å². The zero-order valence-electron chi connectivity index (χ0n) is 9.94. The highest BCUT2D eigenvalue weighted by molar-refractivity contribution is 5.38. The van der Waals surface area contributed by atoms with Crippen molar-refractivity contribution < 1.29 is 0 Å². The Hall–Kier alpha value is -1.78. The highest BCUT2D eigenvalue weighted by Gasteiger charge is 2.02. The SMILES string of the molecule is CCn1cc(NCc2cc(C)nn2C)cn1. The summed E-state index contributed by atoms with van der Waals surface area (Å²) in [6.07, 6.45) is 3.84. The van der Waals surface area contributed by atoms with Crippen LogP contribution >= 0.6 is 0 Å². The summed E-state index contributed by atoms with van der Waals surface area (Å²) < 4.78 is 3.80. The molecule has 0 saturated carbocycles. The van der Waals surface area contributed by atoms with Crippen LogP contribution in [0.25, 0.3) is 0 Å². The van der Waals surface area contributed by atoms with Gasteiger partial charge >= 0.3 is 0 Å². The molecule has 1 N–H and O–H groups in total. The van der Waals surface area contributed by atoms with E-state index in [1.165, 1.54) is 5.69 Å². The van der Waals surface area contributed by atoms with E-state index in [9.17, 15) is 0 Å². The van der Waals surface area contributed by atoms with E-state index in [0.29, 0.717) is 0 Å². The lowest BCUT2D eigenvalue weighted by Crippen LogP contribution is -2.04. The molecule has 0 aromatic carbocycles. The number of nitrogens with zero attached hydrogens (tertiary/aromatic N) is 4. The first-order chi connectivity index (χ1) is 7.69. The van der Waals surface area contributed by atoms with Gasteiger partial charge in [0.25, 0.3) is 0 Å². The zero-order valence-corrected chi connectivity index (χ0v) is 9.94. The minimum Gasteiger partial charge on any atom is -0.377 e. The van der Waals surface area contributed by atoms with Gasteiger partial charge in [-0.05, 0) is 19.9 Å². The molecule has 0 aliphatic carbocycles. The summed E-state index contributed by atoms with van der Waals surface area (Å²) in [6, 6.07) is 2.08. The summed E-state index contributed by atoms with van der Waals surface area (Å²) in [5.41, 5.74) is 3.26. The van der Waals surface area contributed by atoms with E-state index in [1.807, 2.05) is 35.7 Å². The van der Waals surface area contributed by atoms with Gasteiger partial charge in [0.15, 0.2) is 0 Å². The normalized spacial score (nSPS) is 10.7. The van der Waals surface area contributed by atoms with Gasteiger partial charge in [0.1, 0.15) is 0 Å². The van der Waals surface area contributed by atoms with Crippen molar-refractivity contribution >= 4 is 5.69 Å². The lowest BCUT2D eigenvalue weighted by molar-refractivity contribution is 0.660. The molecule has 0 aliphatic heterocycles. The Morgan fingerprint density at radius 3 is 2.81 bits per heavy atom. The van der Waals surface area contributed by atoms with Gasteiger partial charge in [-0.1, -0.05) is 0 Å². The van der Waals surface area contributed by atoms with E-state index >= 15 is 0 Å². The molecule has 0 aliphatic rings. The third-order valence-electron chi connectivity index (χ3n) is 2.53. The largest absolute Gasteiger partial charge is 0.377 e. The van der Waals surface area contributed by atoms with Crippen LogP contribution in [0.4, 0.5) is 5.69 Å². The van der Waals surface area contributed by atoms with Gasteiger partial charge in [0.05, 0.1) is 29.8 Å². The van der Waals surface area contributed by atoms with Gasteiger partial charge in [-0.3, -0.25) is 9.36 Å². The van der Waals surface area contributed by atoms with Crippen LogP contribution in [-0.4, -0.2) is 19.6 Å². The molecule has 0 amide bonds. The van der Waals surface area contributed by atoms with Crippen LogP contribution in [0.15, 0.2) is 18.5 Å². The third kappa shape index (κ3) is 2.24. The highest BCUT2D eigenvalue weighted by atomic mass is 15.3. The Kier molecular flexibility index (Phi) is 2.94. The molecular weight excluding hydrogens is 202 g/mol. The molecule has 2 rings (SSSR count). The van der Waals surface area contributed by atoms with Crippen molar-refractivity contribution in [3.63, 3.8) is 0 Å². The van der Waals surface area contributed by atoms with Gasteiger partial charge < -0.3 is 5.32 Å². The monoisotopic (exact) mass is 219 g/mol. The highest BCUT2D eigenvalue weighted by Crippen LogP contribution is 2.08. The van der Waals surface area contributed by atoms with E-state index in [4.69, 9.17) is 0 Å². The smallest absolute Gasteiger partial charge is 0.0729 e. The maximum Gasteiger partial charge on any atom is 0.0729 e. The van der Waals surface area contributed by atoms with Crippen molar-refractivity contribution in [2.24, 2.45) is 7.05 Å². The topological polar surface area (TPSA) is 47.7 Å². The van der Waals surface area contributed by atoms with E-state index in [-0.39, 0.29) is 0 Å². The Balaban J connectivity index is 1.99. The summed E-state index contributed by atoms with van der Waals surface area (Å²) >= 11 is 0. The maximum atomic E-state index is 4.30. The van der Waals surface area contributed by atoms with Gasteiger partial charge in [-0.25, -0.2) is 0 Å². The number of aryl methyl sites for hydroxylation is 3. The average Bonchev–Trinajstić information content (AvgIpc) is 2.82. The molecule has 0 atom stereocenters. The van der Waals surface area contributed by atoms with E-state index in [1.54, 1.807) is 0 Å². The standard InChI is InChI=1S/C11H17N5/c1-4-16-8-10(6-13-16)12-7-11-5-9(2)14-15(11)3/h5-6,8,12H,4,7H2,1-3H3. The van der Waals surface area contributed by atoms with E-state index in [2.05, 4.69) is 28.5 Å². The predicted octanol–water partition coefficient (Wildman–Crippen LogP) is 1.56. The van der Waals surface area contributed by atoms with Crippen LogP contribution in [0.1, 0.15) is 18.3 Å². The fraction of sp³-hybridized carbons (Fsp3) is 0.455. The first-order valence-corrected chi connectivity index (χ1v) is 5.45. The number of hydrogen-bond donors (Lipinski definition) is 1. The van der Waals surface area contributed by atoms with Gasteiger partial charge in [-0.2, -0.15) is 10.2 Å². The second-order valence-electron chi connectivity index (χ2n) is 3.84. The fourth-order valence-corrected chi connectivity index (χ4v) is 1.65. The van der Waals surface area contributed by atoms with Gasteiger partial charge in [-0.15, -0.1) is 0 Å². The molecular formula is C11H17N5. The summed E-state index contributed by atoms with van der Waals surface area (Å²) in [6.45, 7) is 5.74. The molecule has 2 aromatic heterocycles. The van der Waals surface area contributed by atoms with Crippen LogP contribution in [0.2, 0.25) is 0 Å². The summed E-state index contributed by atoms with van der Waals surface area (Å²) in [5, 5.41) is 11.8. The number of nitrogens with one attached hydrogen (secondary N) is 1. The molecule has 2 aromatic rings. The number of rotatable bonds is 4. The summed E-state index contributed by atoms with van der Waals surface area (Å²) in [7, 11) is 1.96. The fourth-order valence-electron chi connectivity index (χ4n) is 1.65. The average molecular weight is 219 g/mol. The Morgan fingerprint density at radius 1 is 1.44 bits per heavy atom. The van der Waals surface area contributed by atoms with Crippen molar-refractivity contribution in [1.29, 1.82) is 0 Å². The second kappa shape index (κ2) is 4.38. The third-order valence-corrected chi connectivity index (χ3v) is 2.53. The van der Waals surface area contributed by atoms with Crippen molar-refractivity contribution in [2.75, 3.05) is 5.32 Å². The van der Waals surface area contributed by atoms with Crippen molar-refractivity contribution in [1.82, 2.24) is 19.6 Å². The number of anilines is 1. The van der Waals surface area contributed by atoms with Crippen LogP contribution < -0.4 is 5.32 Å². The minimum atomic E-state index is 0.771. The molecule has 0 unspecified atom stereocenters. The zero-order chi connectivity index (χ0) is 11.5. The van der Waals surface area contributed by atoms with Crippen LogP contribution in [-0.2, 0) is 20.1 Å². The Morgan fingerprint density at radius 2 is 2.25 bits per heavy atom. The molecule has 0 fully saturated rings. The number of aromatic nitrogens is 4. The first kappa shape index (κ1) is 10.7. The van der Waals surface area contributed by atoms with Crippen molar-refractivity contribution in [3.05, 3.63) is 29.8 Å². The van der Waals surface area contributed by atoms with Gasteiger partial charge in [0.2, 0.25) is 0 Å². The van der Waals surface area contributed by atoms with Gasteiger partial charge in [0, 0.05) is 19.8 Å². The lowest BCUT2D eigenvalue weighted by atomic mass is 10.3. The molecule has 5 heteroatoms. The summed E-state index contributed by atoms with van der Waals surface area (Å²) in [4.78, 5) is 0.